The largest absolute Gasteiger partial charge is 0.462 e. The van der Waals surface area contributed by atoms with Crippen LogP contribution < -0.4 is 0 Å². The minimum absolute atomic E-state index is 0.0758. The van der Waals surface area contributed by atoms with Gasteiger partial charge in [0.15, 0.2) is 6.10 Å². The smallest absolute Gasteiger partial charge is 0.306 e. The molecule has 0 fully saturated rings. The molecule has 0 bridgehead atoms. The van der Waals surface area contributed by atoms with E-state index in [9.17, 15) is 14.4 Å². The Labute approximate surface area is 452 Å². The zero-order valence-electron chi connectivity index (χ0n) is 48.1. The fourth-order valence-electron chi connectivity index (χ4n) is 8.78. The maximum Gasteiger partial charge on any atom is 0.306 e. The molecule has 0 aromatic rings. The van der Waals surface area contributed by atoms with E-state index in [1.807, 2.05) is 0 Å². The van der Waals surface area contributed by atoms with Gasteiger partial charge in [-0.2, -0.15) is 0 Å². The van der Waals surface area contributed by atoms with Crippen LogP contribution in [0.15, 0.2) is 85.1 Å². The lowest BCUT2D eigenvalue weighted by Gasteiger charge is -2.18. The van der Waals surface area contributed by atoms with Crippen molar-refractivity contribution >= 4 is 17.9 Å². The van der Waals surface area contributed by atoms with Crippen molar-refractivity contribution in [2.75, 3.05) is 13.2 Å². The molecule has 1 unspecified atom stereocenters. The average Bonchev–Trinajstić information content (AvgIpc) is 3.39. The molecule has 0 aromatic carbocycles. The monoisotopic (exact) mass is 1020 g/mol. The zero-order chi connectivity index (χ0) is 52.9. The molecular formula is C67H116O6. The second-order valence-electron chi connectivity index (χ2n) is 20.6. The van der Waals surface area contributed by atoms with Gasteiger partial charge >= 0.3 is 17.9 Å². The Morgan fingerprint density at radius 2 is 0.534 bits per heavy atom. The van der Waals surface area contributed by atoms with Crippen molar-refractivity contribution in [3.8, 4) is 0 Å². The summed E-state index contributed by atoms with van der Waals surface area (Å²) in [4.78, 5) is 38.1. The fourth-order valence-corrected chi connectivity index (χ4v) is 8.78. The van der Waals surface area contributed by atoms with Crippen LogP contribution in [0.2, 0.25) is 0 Å². The van der Waals surface area contributed by atoms with Crippen LogP contribution in [-0.4, -0.2) is 37.2 Å². The Morgan fingerprint density at radius 1 is 0.288 bits per heavy atom. The van der Waals surface area contributed by atoms with Gasteiger partial charge in [0.25, 0.3) is 0 Å². The van der Waals surface area contributed by atoms with Crippen LogP contribution in [0.4, 0.5) is 0 Å². The third kappa shape index (κ3) is 59.3. The summed E-state index contributed by atoms with van der Waals surface area (Å²) in [5, 5.41) is 0. The number of carbonyl (C=O) groups is 3. The van der Waals surface area contributed by atoms with E-state index in [4.69, 9.17) is 14.2 Å². The summed E-state index contributed by atoms with van der Waals surface area (Å²) < 4.78 is 16.9. The predicted molar refractivity (Wildman–Crippen MR) is 316 cm³/mol. The number of ether oxygens (including phenoxy) is 3. The summed E-state index contributed by atoms with van der Waals surface area (Å²) in [6.07, 6.45) is 80.2. The molecule has 0 spiro atoms. The molecule has 0 amide bonds. The highest BCUT2D eigenvalue weighted by molar-refractivity contribution is 5.71. The number of esters is 3. The first-order valence-corrected chi connectivity index (χ1v) is 31.1. The summed E-state index contributed by atoms with van der Waals surface area (Å²) >= 11 is 0. The van der Waals surface area contributed by atoms with Gasteiger partial charge in [0.05, 0.1) is 0 Å². The first-order chi connectivity index (χ1) is 36.0. The van der Waals surface area contributed by atoms with E-state index in [1.165, 1.54) is 154 Å². The molecule has 0 aliphatic heterocycles. The van der Waals surface area contributed by atoms with Gasteiger partial charge in [0, 0.05) is 19.3 Å². The first-order valence-electron chi connectivity index (χ1n) is 31.1. The number of hydrogen-bond donors (Lipinski definition) is 0. The van der Waals surface area contributed by atoms with E-state index in [0.717, 1.165) is 109 Å². The molecule has 0 N–H and O–H groups in total. The molecule has 73 heavy (non-hydrogen) atoms. The van der Waals surface area contributed by atoms with Gasteiger partial charge in [-0.1, -0.05) is 292 Å². The maximum absolute atomic E-state index is 12.9. The molecule has 0 aliphatic rings. The van der Waals surface area contributed by atoms with Gasteiger partial charge in [0.1, 0.15) is 13.2 Å². The second-order valence-corrected chi connectivity index (χ2v) is 20.6. The summed E-state index contributed by atoms with van der Waals surface area (Å²) in [6.45, 7) is 6.53. The van der Waals surface area contributed by atoms with Crippen LogP contribution in [0.3, 0.4) is 0 Å². The van der Waals surface area contributed by atoms with E-state index in [2.05, 4.69) is 106 Å². The highest BCUT2D eigenvalue weighted by Gasteiger charge is 2.19. The first kappa shape index (κ1) is 69.6. The van der Waals surface area contributed by atoms with Crippen LogP contribution >= 0.6 is 0 Å². The molecule has 420 valence electrons. The Hall–Kier alpha value is -3.41. The van der Waals surface area contributed by atoms with Crippen LogP contribution in [-0.2, 0) is 28.6 Å². The van der Waals surface area contributed by atoms with E-state index in [-0.39, 0.29) is 31.1 Å². The van der Waals surface area contributed by atoms with Gasteiger partial charge < -0.3 is 14.2 Å². The van der Waals surface area contributed by atoms with Crippen LogP contribution in [0.25, 0.3) is 0 Å². The molecule has 6 nitrogen and oxygen atoms in total. The zero-order valence-corrected chi connectivity index (χ0v) is 48.1. The summed E-state index contributed by atoms with van der Waals surface area (Å²) in [6, 6.07) is 0. The summed E-state index contributed by atoms with van der Waals surface area (Å²) in [5.74, 6) is -0.878. The summed E-state index contributed by atoms with van der Waals surface area (Å²) in [7, 11) is 0. The predicted octanol–water partition coefficient (Wildman–Crippen LogP) is 21.1. The van der Waals surface area contributed by atoms with E-state index in [0.29, 0.717) is 19.3 Å². The minimum atomic E-state index is -0.777. The third-order valence-electron chi connectivity index (χ3n) is 13.4. The van der Waals surface area contributed by atoms with Crippen molar-refractivity contribution in [2.45, 2.75) is 309 Å². The summed E-state index contributed by atoms with van der Waals surface area (Å²) in [5.41, 5.74) is 0. The lowest BCUT2D eigenvalue weighted by atomic mass is 10.0. The number of rotatable bonds is 56. The SMILES string of the molecule is CC/C=C\C/C=C\C/C=C\C/C=C\C/C=C\C/C=C\C/C=C\CCCCCCCCCC(=O)OCC(COC(=O)CCCCCCCCCCC)OC(=O)CCCCCCCCCCCCCCCCCCC. The quantitative estimate of drug-likeness (QED) is 0.0261. The van der Waals surface area contributed by atoms with Gasteiger partial charge in [-0.05, 0) is 77.0 Å². The minimum Gasteiger partial charge on any atom is -0.462 e. The Kier molecular flexibility index (Phi) is 58.3. The Balaban J connectivity index is 4.22. The number of carbonyl (C=O) groups excluding carboxylic acids is 3. The Morgan fingerprint density at radius 3 is 0.836 bits per heavy atom. The van der Waals surface area contributed by atoms with E-state index >= 15 is 0 Å². The van der Waals surface area contributed by atoms with Crippen molar-refractivity contribution in [2.24, 2.45) is 0 Å². The lowest BCUT2D eigenvalue weighted by molar-refractivity contribution is -0.167. The van der Waals surface area contributed by atoms with Crippen molar-refractivity contribution in [1.29, 1.82) is 0 Å². The molecule has 0 rings (SSSR count). The molecule has 0 saturated carbocycles. The van der Waals surface area contributed by atoms with E-state index in [1.54, 1.807) is 0 Å². The third-order valence-corrected chi connectivity index (χ3v) is 13.4. The van der Waals surface area contributed by atoms with Gasteiger partial charge in [-0.3, -0.25) is 14.4 Å². The molecule has 0 radical (unpaired) electrons. The van der Waals surface area contributed by atoms with Crippen molar-refractivity contribution < 1.29 is 28.6 Å². The fraction of sp³-hybridized carbons (Fsp3) is 0.746. The maximum atomic E-state index is 12.9. The molecule has 0 saturated heterocycles. The van der Waals surface area contributed by atoms with Crippen LogP contribution in [0.1, 0.15) is 303 Å². The molecular weight excluding hydrogens is 901 g/mol. The second kappa shape index (κ2) is 61.1. The topological polar surface area (TPSA) is 78.9 Å². The molecule has 0 heterocycles. The van der Waals surface area contributed by atoms with Gasteiger partial charge in [-0.25, -0.2) is 0 Å². The van der Waals surface area contributed by atoms with E-state index < -0.39 is 6.10 Å². The normalized spacial score (nSPS) is 12.6. The molecule has 0 aliphatic carbocycles. The van der Waals surface area contributed by atoms with Crippen molar-refractivity contribution in [1.82, 2.24) is 0 Å². The standard InChI is InChI=1S/C67H116O6/c1-4-7-10-13-16-19-21-23-25-27-28-29-30-31-32-33-34-35-36-37-38-40-41-43-45-48-51-54-57-60-66(69)72-63-64(62-71-65(68)59-56-53-50-47-18-15-12-9-6-3)73-67(70)61-58-55-52-49-46-44-42-39-26-24-22-20-17-14-11-8-5-2/h7,10,16,19,23,25,28-29,31-32,34-35,37-38,64H,4-6,8-9,11-15,17-18,20-22,24,26-27,30,33,36,39-63H2,1-3H3/b10-7-,19-16-,25-23-,29-28-,32-31-,35-34-,38-37-. The number of allylic oxidation sites excluding steroid dienone is 14. The van der Waals surface area contributed by atoms with Crippen molar-refractivity contribution in [3.05, 3.63) is 85.1 Å². The van der Waals surface area contributed by atoms with Crippen molar-refractivity contribution in [3.63, 3.8) is 0 Å². The lowest BCUT2D eigenvalue weighted by Crippen LogP contribution is -2.30. The van der Waals surface area contributed by atoms with Crippen LogP contribution in [0, 0.1) is 0 Å². The Bertz CT molecular complexity index is 1400. The highest BCUT2D eigenvalue weighted by Crippen LogP contribution is 2.16. The number of unbranched alkanes of at least 4 members (excludes halogenated alkanes) is 31. The number of hydrogen-bond acceptors (Lipinski definition) is 6. The molecule has 0 aromatic heterocycles. The highest BCUT2D eigenvalue weighted by atomic mass is 16.6. The van der Waals surface area contributed by atoms with Crippen LogP contribution in [0.5, 0.6) is 0 Å². The average molecular weight is 1020 g/mol. The molecule has 6 heteroatoms. The van der Waals surface area contributed by atoms with Gasteiger partial charge in [-0.15, -0.1) is 0 Å². The molecule has 1 atom stereocenters. The van der Waals surface area contributed by atoms with Gasteiger partial charge in [0.2, 0.25) is 0 Å².